The average molecular weight is 261 g/mol. The molecule has 0 bridgehead atoms. The van der Waals surface area contributed by atoms with Crippen LogP contribution in [0.25, 0.3) is 0 Å². The van der Waals surface area contributed by atoms with E-state index >= 15 is 0 Å². The molecule has 3 rings (SSSR count). The summed E-state index contributed by atoms with van der Waals surface area (Å²) in [6.45, 7) is 2.48. The lowest BCUT2D eigenvalue weighted by Gasteiger charge is -2.32. The molecule has 0 aromatic heterocycles. The molecule has 0 spiro atoms. The Kier molecular flexibility index (Phi) is 3.28. The lowest BCUT2D eigenvalue weighted by molar-refractivity contribution is 0.222. The van der Waals surface area contributed by atoms with Gasteiger partial charge in [0, 0.05) is 11.1 Å². The summed E-state index contributed by atoms with van der Waals surface area (Å²) >= 11 is 6.10. The van der Waals surface area contributed by atoms with Crippen molar-refractivity contribution in [3.63, 3.8) is 0 Å². The van der Waals surface area contributed by atoms with Gasteiger partial charge in [0.15, 0.2) is 0 Å². The highest BCUT2D eigenvalue weighted by atomic mass is 35.5. The first kappa shape index (κ1) is 12.0. The SMILES string of the molecule is N#Cc1cc(Cl)cc2c1CCC(N1CCCC1)C2. The number of hydrogen-bond donors (Lipinski definition) is 0. The smallest absolute Gasteiger partial charge is 0.0995 e. The van der Waals surface area contributed by atoms with Crippen molar-refractivity contribution in [3.8, 4) is 6.07 Å². The predicted molar refractivity (Wildman–Crippen MR) is 72.8 cm³/mol. The van der Waals surface area contributed by atoms with Crippen LogP contribution in [0.5, 0.6) is 0 Å². The summed E-state index contributed by atoms with van der Waals surface area (Å²) in [6, 6.07) is 6.80. The summed E-state index contributed by atoms with van der Waals surface area (Å²) in [5.41, 5.74) is 3.30. The number of halogens is 1. The molecule has 0 radical (unpaired) electrons. The molecule has 3 heteroatoms. The van der Waals surface area contributed by atoms with Crippen molar-refractivity contribution in [2.24, 2.45) is 0 Å². The zero-order valence-corrected chi connectivity index (χ0v) is 11.2. The summed E-state index contributed by atoms with van der Waals surface area (Å²) in [5, 5.41) is 9.88. The van der Waals surface area contributed by atoms with E-state index in [0.717, 1.165) is 18.4 Å². The second-order valence-corrected chi connectivity index (χ2v) is 5.78. The minimum Gasteiger partial charge on any atom is -0.300 e. The van der Waals surface area contributed by atoms with Crippen molar-refractivity contribution >= 4 is 11.6 Å². The van der Waals surface area contributed by atoms with Crippen molar-refractivity contribution in [1.82, 2.24) is 4.90 Å². The lowest BCUT2D eigenvalue weighted by atomic mass is 9.85. The van der Waals surface area contributed by atoms with E-state index in [0.29, 0.717) is 11.1 Å². The molecular formula is C15H17ClN2. The molecule has 1 atom stereocenters. The Morgan fingerprint density at radius 1 is 1.28 bits per heavy atom. The van der Waals surface area contributed by atoms with E-state index in [9.17, 15) is 5.26 Å². The van der Waals surface area contributed by atoms with Crippen molar-refractivity contribution in [2.45, 2.75) is 38.1 Å². The van der Waals surface area contributed by atoms with Crippen LogP contribution in [-0.2, 0) is 12.8 Å². The fraction of sp³-hybridized carbons (Fsp3) is 0.533. The third-order valence-electron chi connectivity index (χ3n) is 4.27. The minimum absolute atomic E-state index is 0.657. The maximum Gasteiger partial charge on any atom is 0.0995 e. The highest BCUT2D eigenvalue weighted by molar-refractivity contribution is 6.30. The van der Waals surface area contributed by atoms with E-state index in [-0.39, 0.29) is 0 Å². The zero-order chi connectivity index (χ0) is 12.5. The molecule has 0 amide bonds. The van der Waals surface area contributed by atoms with Crippen molar-refractivity contribution in [2.75, 3.05) is 13.1 Å². The van der Waals surface area contributed by atoms with Crippen LogP contribution in [0.3, 0.4) is 0 Å². The quantitative estimate of drug-likeness (QED) is 0.776. The zero-order valence-electron chi connectivity index (χ0n) is 10.5. The first-order chi connectivity index (χ1) is 8.78. The van der Waals surface area contributed by atoms with Crippen LogP contribution in [0.2, 0.25) is 5.02 Å². The molecule has 1 aliphatic heterocycles. The van der Waals surface area contributed by atoms with Gasteiger partial charge in [0.05, 0.1) is 11.6 Å². The van der Waals surface area contributed by atoms with Crippen LogP contribution in [-0.4, -0.2) is 24.0 Å². The Bertz CT molecular complexity index is 498. The van der Waals surface area contributed by atoms with Gasteiger partial charge in [-0.3, -0.25) is 0 Å². The van der Waals surface area contributed by atoms with Crippen molar-refractivity contribution in [3.05, 3.63) is 33.8 Å². The van der Waals surface area contributed by atoms with Crippen molar-refractivity contribution in [1.29, 1.82) is 5.26 Å². The highest BCUT2D eigenvalue weighted by Crippen LogP contribution is 2.31. The van der Waals surface area contributed by atoms with E-state index in [1.54, 1.807) is 6.07 Å². The first-order valence-electron chi connectivity index (χ1n) is 6.73. The number of likely N-dealkylation sites (tertiary alicyclic amines) is 1. The molecule has 1 aliphatic carbocycles. The number of nitriles is 1. The fourth-order valence-corrected chi connectivity index (χ4v) is 3.60. The Morgan fingerprint density at radius 3 is 2.78 bits per heavy atom. The van der Waals surface area contributed by atoms with E-state index in [4.69, 9.17) is 11.6 Å². The van der Waals surface area contributed by atoms with Crippen LogP contribution in [0.4, 0.5) is 0 Å². The molecule has 1 saturated heterocycles. The van der Waals surface area contributed by atoms with Gasteiger partial charge in [-0.15, -0.1) is 0 Å². The second-order valence-electron chi connectivity index (χ2n) is 5.34. The van der Waals surface area contributed by atoms with Crippen molar-refractivity contribution < 1.29 is 0 Å². The standard InChI is InChI=1S/C15H17ClN2/c16-13-7-11-9-14(18-5-1-2-6-18)3-4-15(11)12(8-13)10-17/h7-8,14H,1-6,9H2. The molecular weight excluding hydrogens is 244 g/mol. The van der Waals surface area contributed by atoms with E-state index < -0.39 is 0 Å². The van der Waals surface area contributed by atoms with Gasteiger partial charge in [0.2, 0.25) is 0 Å². The monoisotopic (exact) mass is 260 g/mol. The van der Waals surface area contributed by atoms with E-state index in [2.05, 4.69) is 17.0 Å². The van der Waals surface area contributed by atoms with Crippen LogP contribution in [0.15, 0.2) is 12.1 Å². The molecule has 1 fully saturated rings. The summed E-state index contributed by atoms with van der Waals surface area (Å²) < 4.78 is 0. The number of rotatable bonds is 1. The minimum atomic E-state index is 0.657. The van der Waals surface area contributed by atoms with E-state index in [1.807, 2.05) is 0 Å². The molecule has 0 saturated carbocycles. The lowest BCUT2D eigenvalue weighted by Crippen LogP contribution is -2.37. The Labute approximate surface area is 113 Å². The van der Waals surface area contributed by atoms with Gasteiger partial charge >= 0.3 is 0 Å². The van der Waals surface area contributed by atoms with Crippen LogP contribution >= 0.6 is 11.6 Å². The third-order valence-corrected chi connectivity index (χ3v) is 4.49. The van der Waals surface area contributed by atoms with Gasteiger partial charge in [0.25, 0.3) is 0 Å². The summed E-state index contributed by atoms with van der Waals surface area (Å²) in [7, 11) is 0. The highest BCUT2D eigenvalue weighted by Gasteiger charge is 2.27. The van der Waals surface area contributed by atoms with E-state index in [1.165, 1.54) is 43.5 Å². The Hall–Kier alpha value is -1.04. The average Bonchev–Trinajstić information content (AvgIpc) is 2.90. The van der Waals surface area contributed by atoms with Crippen LogP contribution in [0.1, 0.15) is 36.0 Å². The largest absolute Gasteiger partial charge is 0.300 e. The van der Waals surface area contributed by atoms with Gasteiger partial charge in [-0.1, -0.05) is 11.6 Å². The number of hydrogen-bond acceptors (Lipinski definition) is 2. The summed E-state index contributed by atoms with van der Waals surface area (Å²) in [6.07, 6.45) is 5.94. The van der Waals surface area contributed by atoms with Gasteiger partial charge in [-0.05, 0) is 68.5 Å². The maximum atomic E-state index is 9.18. The molecule has 1 heterocycles. The van der Waals surface area contributed by atoms with Gasteiger partial charge in [0.1, 0.15) is 0 Å². The Balaban J connectivity index is 1.88. The number of benzene rings is 1. The van der Waals surface area contributed by atoms with Gasteiger partial charge in [-0.2, -0.15) is 5.26 Å². The molecule has 0 N–H and O–H groups in total. The topological polar surface area (TPSA) is 27.0 Å². The summed E-state index contributed by atoms with van der Waals surface area (Å²) in [5.74, 6) is 0. The fourth-order valence-electron chi connectivity index (χ4n) is 3.36. The normalized spacial score (nSPS) is 23.7. The molecule has 2 aliphatic rings. The third kappa shape index (κ3) is 2.13. The molecule has 1 aromatic rings. The molecule has 1 unspecified atom stereocenters. The van der Waals surface area contributed by atoms with Crippen LogP contribution < -0.4 is 0 Å². The number of fused-ring (bicyclic) bond motifs is 1. The maximum absolute atomic E-state index is 9.18. The van der Waals surface area contributed by atoms with Gasteiger partial charge in [-0.25, -0.2) is 0 Å². The molecule has 1 aromatic carbocycles. The molecule has 2 nitrogen and oxygen atoms in total. The summed E-state index contributed by atoms with van der Waals surface area (Å²) in [4.78, 5) is 2.61. The van der Waals surface area contributed by atoms with Crippen LogP contribution in [0, 0.1) is 11.3 Å². The Morgan fingerprint density at radius 2 is 2.06 bits per heavy atom. The second kappa shape index (κ2) is 4.91. The number of nitrogens with zero attached hydrogens (tertiary/aromatic N) is 2. The first-order valence-corrected chi connectivity index (χ1v) is 7.11. The molecule has 94 valence electrons. The van der Waals surface area contributed by atoms with Gasteiger partial charge < -0.3 is 4.90 Å². The predicted octanol–water partition coefficient (Wildman–Crippen LogP) is 3.16. The molecule has 18 heavy (non-hydrogen) atoms.